The van der Waals surface area contributed by atoms with Crippen LogP contribution in [0.2, 0.25) is 0 Å². The number of hydrogen-bond donors (Lipinski definition) is 5. The first-order valence-electron chi connectivity index (χ1n) is 25.7. The van der Waals surface area contributed by atoms with E-state index in [0.717, 1.165) is 4.90 Å². The number of unbranched alkanes of at least 4 members (excludes halogenated alkanes) is 2. The van der Waals surface area contributed by atoms with Gasteiger partial charge in [-0.3, -0.25) is 48.5 Å². The van der Waals surface area contributed by atoms with Crippen molar-refractivity contribution in [2.75, 3.05) is 58.4 Å². The number of nitrogens with two attached hydrogens (primary N) is 1. The van der Waals surface area contributed by atoms with Crippen molar-refractivity contribution in [3.63, 3.8) is 0 Å². The molecule has 1 saturated heterocycles. The summed E-state index contributed by atoms with van der Waals surface area (Å²) in [4.78, 5) is 116. The summed E-state index contributed by atoms with van der Waals surface area (Å²) in [5, 5.41) is 10.8. The van der Waals surface area contributed by atoms with Gasteiger partial charge in [0.1, 0.15) is 43.8 Å². The van der Waals surface area contributed by atoms with E-state index in [1.54, 1.807) is 66.9 Å². The molecule has 2 aromatic heterocycles. The number of carbonyl (C=O) groups excluding carboxylic acids is 7. The number of imide groups is 1. The van der Waals surface area contributed by atoms with Crippen LogP contribution in [0.5, 0.6) is 17.2 Å². The van der Waals surface area contributed by atoms with Crippen LogP contribution in [0.3, 0.4) is 0 Å². The number of nitrogens with one attached hydrogen (secondary N) is 4. The summed E-state index contributed by atoms with van der Waals surface area (Å²) < 4.78 is 40.6. The molecule has 0 bridgehead atoms. The van der Waals surface area contributed by atoms with Crippen molar-refractivity contribution in [3.8, 4) is 17.2 Å². The molecule has 4 atom stereocenters. The third kappa shape index (κ3) is 15.7. The Balaban J connectivity index is 0.951. The molecule has 6 N–H and O–H groups in total. The number of carbonyl (C=O) groups is 7. The number of likely N-dealkylation sites (tertiary alicyclic amines) is 1. The van der Waals surface area contributed by atoms with Gasteiger partial charge < -0.3 is 50.5 Å². The number of fused-ring (bicyclic) bond motifs is 2. The number of ether oxygens (including phenoxy) is 4. The highest BCUT2D eigenvalue weighted by atomic mass is 19.1. The van der Waals surface area contributed by atoms with Gasteiger partial charge in [-0.25, -0.2) is 19.0 Å². The Bertz CT molecular complexity index is 2850. The molecule has 2 aromatic carbocycles. The summed E-state index contributed by atoms with van der Waals surface area (Å²) in [6, 6.07) is 9.64. The van der Waals surface area contributed by atoms with E-state index in [-0.39, 0.29) is 94.2 Å². The number of primary amides is 1. The number of halogens is 1. The van der Waals surface area contributed by atoms with Crippen LogP contribution < -0.4 is 46.8 Å². The van der Waals surface area contributed by atoms with Gasteiger partial charge in [-0.05, 0) is 67.9 Å². The van der Waals surface area contributed by atoms with Gasteiger partial charge in [0.05, 0.1) is 48.8 Å². The van der Waals surface area contributed by atoms with Crippen molar-refractivity contribution >= 4 is 58.4 Å². The van der Waals surface area contributed by atoms with Crippen molar-refractivity contribution < 1.29 is 56.9 Å². The summed E-state index contributed by atoms with van der Waals surface area (Å²) in [6.07, 6.45) is 5.15. The lowest BCUT2D eigenvalue weighted by Crippen LogP contribution is -2.54. The van der Waals surface area contributed by atoms with Gasteiger partial charge >= 0.3 is 12.1 Å². The molecule has 3 aliphatic heterocycles. The highest BCUT2D eigenvalue weighted by molar-refractivity contribution is 6.12. The number of nitrogens with zero attached hydrogens (tertiary/aromatic N) is 6. The van der Waals surface area contributed by atoms with E-state index >= 15 is 4.39 Å². The van der Waals surface area contributed by atoms with Gasteiger partial charge in [0.25, 0.3) is 17.4 Å². The molecule has 4 aromatic rings. The van der Waals surface area contributed by atoms with Gasteiger partial charge in [0.15, 0.2) is 11.5 Å². The first kappa shape index (κ1) is 56.6. The molecule has 3 aliphatic rings. The number of anilines is 1. The molecule has 1 fully saturated rings. The zero-order valence-electron chi connectivity index (χ0n) is 43.4. The Morgan fingerprint density at radius 2 is 1.62 bits per heavy atom. The SMILES string of the molecule is COc1ccc2ncc(=O)n(CCN3CC[C@@H](N(Cc4cc5c(cn4)OCCO5)C(=O)OCc4ccc(NC(=O)[C@H](CCCNC(N)=O)NC(=O)C(NC(=O)CCCCCN5C(=O)C=CC5=O)C(C)C)cc4)[C@H](F)C3)c2c1. The number of methoxy groups -OCH3 is 1. The maximum Gasteiger partial charge on any atom is 0.410 e. The number of amides is 8. The van der Waals surface area contributed by atoms with Crippen molar-refractivity contribution in [2.45, 2.75) is 103 Å². The van der Waals surface area contributed by atoms with Gasteiger partial charge in [-0.1, -0.05) is 32.4 Å². The second-order valence-electron chi connectivity index (χ2n) is 19.2. The van der Waals surface area contributed by atoms with Crippen LogP contribution in [0.15, 0.2) is 77.9 Å². The summed E-state index contributed by atoms with van der Waals surface area (Å²) in [5.74, 6) is -1.17. The van der Waals surface area contributed by atoms with Gasteiger partial charge in [-0.2, -0.15) is 0 Å². The number of piperidine rings is 1. The molecule has 77 heavy (non-hydrogen) atoms. The summed E-state index contributed by atoms with van der Waals surface area (Å²) in [6.45, 7) is 5.28. The van der Waals surface area contributed by atoms with Crippen molar-refractivity contribution in [1.29, 1.82) is 0 Å². The fraction of sp³-hybridized carbons (Fsp3) is 0.472. The van der Waals surface area contributed by atoms with Crippen molar-refractivity contribution in [2.24, 2.45) is 11.7 Å². The highest BCUT2D eigenvalue weighted by Crippen LogP contribution is 2.31. The average molecular weight is 1070 g/mol. The van der Waals surface area contributed by atoms with E-state index in [1.165, 1.54) is 36.6 Å². The lowest BCUT2D eigenvalue weighted by molar-refractivity contribution is -0.137. The first-order chi connectivity index (χ1) is 37.1. The van der Waals surface area contributed by atoms with Crippen LogP contribution in [-0.4, -0.2) is 148 Å². The molecule has 412 valence electrons. The number of benzene rings is 2. The summed E-state index contributed by atoms with van der Waals surface area (Å²) in [5.41, 5.74) is 7.46. The molecule has 7 rings (SSSR count). The van der Waals surface area contributed by atoms with Crippen LogP contribution in [0.25, 0.3) is 11.0 Å². The normalized spacial score (nSPS) is 16.9. The van der Waals surface area contributed by atoms with Gasteiger partial charge in [0, 0.05) is 75.7 Å². The smallest absolute Gasteiger partial charge is 0.410 e. The van der Waals surface area contributed by atoms with E-state index in [1.807, 2.05) is 4.90 Å². The molecular weight excluding hydrogens is 1000 g/mol. The van der Waals surface area contributed by atoms with Crippen LogP contribution in [0, 0.1) is 5.92 Å². The summed E-state index contributed by atoms with van der Waals surface area (Å²) >= 11 is 0. The highest BCUT2D eigenvalue weighted by Gasteiger charge is 2.37. The molecule has 24 heteroatoms. The zero-order chi connectivity index (χ0) is 55.0. The minimum Gasteiger partial charge on any atom is -0.497 e. The minimum atomic E-state index is -1.50. The predicted octanol–water partition coefficient (Wildman–Crippen LogP) is 3.32. The monoisotopic (exact) mass is 1070 g/mol. The fourth-order valence-electron chi connectivity index (χ4n) is 9.17. The quantitative estimate of drug-likeness (QED) is 0.0470. The van der Waals surface area contributed by atoms with E-state index in [4.69, 9.17) is 24.7 Å². The number of urea groups is 1. The molecule has 0 saturated carbocycles. The molecule has 1 unspecified atom stereocenters. The maximum absolute atomic E-state index is 16.5. The van der Waals surface area contributed by atoms with Gasteiger partial charge in [0.2, 0.25) is 17.7 Å². The summed E-state index contributed by atoms with van der Waals surface area (Å²) in [7, 11) is 1.54. The fourth-order valence-corrected chi connectivity index (χ4v) is 9.17. The molecule has 5 heterocycles. The minimum absolute atomic E-state index is 0.0168. The second kappa shape index (κ2) is 27.1. The number of alkyl halides is 1. The Hall–Kier alpha value is -8.15. The third-order valence-electron chi connectivity index (χ3n) is 13.4. The van der Waals surface area contributed by atoms with Crippen LogP contribution in [0.4, 0.5) is 19.7 Å². The Morgan fingerprint density at radius 3 is 2.34 bits per heavy atom. The molecule has 8 amide bonds. The van der Waals surface area contributed by atoms with E-state index < -0.39 is 48.2 Å². The molecular formula is C53H66FN11O12. The molecule has 0 aliphatic carbocycles. The second-order valence-corrected chi connectivity index (χ2v) is 19.2. The van der Waals surface area contributed by atoms with E-state index in [0.29, 0.717) is 90.8 Å². The standard InChI is InChI=1S/C53H66FN11O12/c1-33(2)49(61-45(66)9-5-4-6-20-64-46(67)16-17-47(64)68)51(71)60-40(8-7-19-56-52(55)72)50(70)59-35-12-10-34(11-13-35)32-77-53(73)65(30-36-26-43-44(28-57-36)76-25-24-75-43)41-18-21-62(31-38(41)54)22-23-63-42-27-37(74-3)14-15-39(42)58-29-48(63)69/h10-17,26-29,33,38,40-41,49H,4-9,18-25,30-32H2,1-3H3,(H,59,70)(H,60,71)(H,61,66)(H3,55,56,72)/t38-,40+,41-,49?/m1/s1. The van der Waals surface area contributed by atoms with Crippen LogP contribution in [-0.2, 0) is 48.4 Å². The lowest BCUT2D eigenvalue weighted by atomic mass is 10.0. The Kier molecular flexibility index (Phi) is 19.9. The number of rotatable bonds is 25. The topological polar surface area (TPSA) is 288 Å². The number of aromatic nitrogens is 3. The Morgan fingerprint density at radius 1 is 0.870 bits per heavy atom. The lowest BCUT2D eigenvalue weighted by Gasteiger charge is -2.40. The third-order valence-corrected chi connectivity index (χ3v) is 13.4. The van der Waals surface area contributed by atoms with Gasteiger partial charge in [-0.15, -0.1) is 0 Å². The largest absolute Gasteiger partial charge is 0.497 e. The van der Waals surface area contributed by atoms with E-state index in [9.17, 15) is 38.4 Å². The molecule has 23 nitrogen and oxygen atoms in total. The van der Waals surface area contributed by atoms with Crippen molar-refractivity contribution in [3.05, 3.63) is 94.7 Å². The zero-order valence-corrected chi connectivity index (χ0v) is 43.4. The number of pyridine rings is 1. The van der Waals surface area contributed by atoms with E-state index in [2.05, 4.69) is 31.2 Å². The van der Waals surface area contributed by atoms with Crippen LogP contribution >= 0.6 is 0 Å². The predicted molar refractivity (Wildman–Crippen MR) is 278 cm³/mol. The first-order valence-corrected chi connectivity index (χ1v) is 25.7. The van der Waals surface area contributed by atoms with Crippen molar-refractivity contribution in [1.82, 2.24) is 45.2 Å². The Labute approximate surface area is 444 Å². The maximum atomic E-state index is 16.5. The molecule has 0 spiro atoms. The average Bonchev–Trinajstić information content (AvgIpc) is 3.74. The number of hydrogen-bond acceptors (Lipinski definition) is 15. The van der Waals surface area contributed by atoms with Crippen LogP contribution in [0.1, 0.15) is 70.1 Å². The molecule has 0 radical (unpaired) electrons.